The number of aromatic nitrogens is 2. The van der Waals surface area contributed by atoms with Crippen molar-refractivity contribution in [3.05, 3.63) is 17.0 Å². The van der Waals surface area contributed by atoms with E-state index in [-0.39, 0.29) is 17.0 Å². The lowest BCUT2D eigenvalue weighted by atomic mass is 9.85. The van der Waals surface area contributed by atoms with Crippen LogP contribution in [0.15, 0.2) is 6.07 Å². The minimum absolute atomic E-state index is 0.183. The van der Waals surface area contributed by atoms with Gasteiger partial charge in [-0.1, -0.05) is 31.4 Å². The monoisotopic (exact) mass is 307 g/mol. The maximum Gasteiger partial charge on any atom is 0.451 e. The van der Waals surface area contributed by atoms with Gasteiger partial charge in [0, 0.05) is 19.2 Å². The predicted molar refractivity (Wildman–Crippen MR) is 71.9 cm³/mol. The molecule has 1 aliphatic rings. The molecule has 2 rings (SSSR count). The van der Waals surface area contributed by atoms with Crippen molar-refractivity contribution in [3.8, 4) is 0 Å². The summed E-state index contributed by atoms with van der Waals surface area (Å²) in [5, 5.41) is -0.183. The second-order valence-corrected chi connectivity index (χ2v) is 5.70. The van der Waals surface area contributed by atoms with Gasteiger partial charge in [-0.25, -0.2) is 9.97 Å². The fourth-order valence-corrected chi connectivity index (χ4v) is 2.93. The Labute approximate surface area is 121 Å². The van der Waals surface area contributed by atoms with E-state index in [2.05, 4.69) is 16.9 Å². The average Bonchev–Trinajstić information content (AvgIpc) is 2.37. The largest absolute Gasteiger partial charge is 0.451 e. The van der Waals surface area contributed by atoms with Gasteiger partial charge in [0.1, 0.15) is 11.0 Å². The van der Waals surface area contributed by atoms with E-state index in [9.17, 15) is 13.2 Å². The molecule has 2 unspecified atom stereocenters. The maximum absolute atomic E-state index is 12.7. The molecule has 0 N–H and O–H groups in total. The first kappa shape index (κ1) is 15.4. The van der Waals surface area contributed by atoms with Crippen LogP contribution in [0.3, 0.4) is 0 Å². The number of nitrogens with zero attached hydrogens (tertiary/aromatic N) is 3. The minimum atomic E-state index is -4.58. The third-order valence-electron chi connectivity index (χ3n) is 3.86. The number of halogens is 4. The molecule has 3 nitrogen and oxygen atoms in total. The van der Waals surface area contributed by atoms with Crippen molar-refractivity contribution in [1.82, 2.24) is 9.97 Å². The Hall–Kier alpha value is -1.04. The summed E-state index contributed by atoms with van der Waals surface area (Å²) in [6, 6.07) is 1.58. The Bertz CT molecular complexity index is 478. The van der Waals surface area contributed by atoms with Crippen LogP contribution in [0.5, 0.6) is 0 Å². The number of rotatable bonds is 2. The molecule has 1 aromatic heterocycles. The molecule has 1 saturated carbocycles. The van der Waals surface area contributed by atoms with Gasteiger partial charge in [0.05, 0.1) is 0 Å². The molecule has 1 fully saturated rings. The molecule has 0 spiro atoms. The van der Waals surface area contributed by atoms with Gasteiger partial charge in [-0.05, 0) is 18.8 Å². The van der Waals surface area contributed by atoms with Gasteiger partial charge in [-0.3, -0.25) is 0 Å². The molecule has 0 saturated heterocycles. The van der Waals surface area contributed by atoms with Gasteiger partial charge in [-0.15, -0.1) is 0 Å². The summed E-state index contributed by atoms with van der Waals surface area (Å²) in [6.45, 7) is 2.12. The molecule has 20 heavy (non-hydrogen) atoms. The second kappa shape index (κ2) is 5.76. The number of alkyl halides is 3. The lowest BCUT2D eigenvalue weighted by Gasteiger charge is -2.37. The fraction of sp³-hybridized carbons (Fsp3) is 0.692. The van der Waals surface area contributed by atoms with Crippen LogP contribution in [0.4, 0.5) is 19.0 Å². The van der Waals surface area contributed by atoms with Gasteiger partial charge in [0.2, 0.25) is 5.82 Å². The summed E-state index contributed by atoms with van der Waals surface area (Å²) in [4.78, 5) is 8.67. The van der Waals surface area contributed by atoms with Crippen LogP contribution in [0.2, 0.25) is 5.15 Å². The molecule has 0 aromatic carbocycles. The van der Waals surface area contributed by atoms with Gasteiger partial charge in [-0.2, -0.15) is 13.2 Å². The van der Waals surface area contributed by atoms with E-state index in [4.69, 9.17) is 11.6 Å². The lowest BCUT2D eigenvalue weighted by molar-refractivity contribution is -0.144. The molecule has 1 aliphatic carbocycles. The number of hydrogen-bond acceptors (Lipinski definition) is 3. The van der Waals surface area contributed by atoms with Crippen LogP contribution in [0, 0.1) is 5.92 Å². The number of anilines is 1. The van der Waals surface area contributed by atoms with Crippen molar-refractivity contribution in [2.75, 3.05) is 11.9 Å². The summed E-state index contributed by atoms with van der Waals surface area (Å²) in [5.74, 6) is -0.525. The van der Waals surface area contributed by atoms with Gasteiger partial charge < -0.3 is 4.90 Å². The fourth-order valence-electron chi connectivity index (χ4n) is 2.76. The molecule has 0 aliphatic heterocycles. The molecule has 0 radical (unpaired) electrons. The van der Waals surface area contributed by atoms with Crippen molar-refractivity contribution >= 4 is 17.4 Å². The normalized spacial score (nSPS) is 23.7. The van der Waals surface area contributed by atoms with E-state index in [0.717, 1.165) is 19.3 Å². The molecule has 0 bridgehead atoms. The Morgan fingerprint density at radius 1 is 1.25 bits per heavy atom. The topological polar surface area (TPSA) is 29.0 Å². The first-order chi connectivity index (χ1) is 9.29. The highest BCUT2D eigenvalue weighted by molar-refractivity contribution is 6.29. The van der Waals surface area contributed by atoms with Crippen LogP contribution < -0.4 is 4.90 Å². The van der Waals surface area contributed by atoms with E-state index in [1.807, 2.05) is 0 Å². The second-order valence-electron chi connectivity index (χ2n) is 5.31. The Morgan fingerprint density at radius 3 is 2.50 bits per heavy atom. The highest BCUT2D eigenvalue weighted by atomic mass is 35.5. The SMILES string of the molecule is CC1CCCCC1N(C)c1cc(Cl)nc(C(F)(F)F)n1. The van der Waals surface area contributed by atoms with Crippen LogP contribution in [-0.2, 0) is 6.18 Å². The lowest BCUT2D eigenvalue weighted by Crippen LogP contribution is -2.39. The molecule has 1 aromatic rings. The van der Waals surface area contributed by atoms with Crippen LogP contribution in [0.1, 0.15) is 38.4 Å². The molecule has 2 atom stereocenters. The zero-order chi connectivity index (χ0) is 14.9. The van der Waals surface area contributed by atoms with E-state index >= 15 is 0 Å². The quantitative estimate of drug-likeness (QED) is 0.768. The highest BCUT2D eigenvalue weighted by Gasteiger charge is 2.36. The maximum atomic E-state index is 12.7. The van der Waals surface area contributed by atoms with E-state index in [1.165, 1.54) is 12.5 Å². The van der Waals surface area contributed by atoms with Gasteiger partial charge in [0.25, 0.3) is 0 Å². The molecule has 0 amide bonds. The summed E-state index contributed by atoms with van der Waals surface area (Å²) >= 11 is 5.70. The van der Waals surface area contributed by atoms with E-state index in [0.29, 0.717) is 5.92 Å². The van der Waals surface area contributed by atoms with E-state index < -0.39 is 12.0 Å². The summed E-state index contributed by atoms with van der Waals surface area (Å²) < 4.78 is 38.2. The third-order valence-corrected chi connectivity index (χ3v) is 4.05. The average molecular weight is 308 g/mol. The van der Waals surface area contributed by atoms with Crippen molar-refractivity contribution in [2.24, 2.45) is 5.92 Å². The Kier molecular flexibility index (Phi) is 4.42. The Balaban J connectivity index is 2.29. The first-order valence-corrected chi connectivity index (χ1v) is 7.01. The predicted octanol–water partition coefficient (Wildman–Crippen LogP) is 4.16. The first-order valence-electron chi connectivity index (χ1n) is 6.63. The third kappa shape index (κ3) is 3.34. The van der Waals surface area contributed by atoms with Crippen molar-refractivity contribution in [3.63, 3.8) is 0 Å². The van der Waals surface area contributed by atoms with Crippen LogP contribution in [-0.4, -0.2) is 23.1 Å². The van der Waals surface area contributed by atoms with Gasteiger partial charge in [0.15, 0.2) is 0 Å². The summed E-state index contributed by atoms with van der Waals surface area (Å²) in [6.07, 6.45) is -0.284. The van der Waals surface area contributed by atoms with Crippen LogP contribution >= 0.6 is 11.6 Å². The minimum Gasteiger partial charge on any atom is -0.356 e. The van der Waals surface area contributed by atoms with E-state index in [1.54, 1.807) is 11.9 Å². The molecular formula is C13H17ClF3N3. The Morgan fingerprint density at radius 2 is 1.90 bits per heavy atom. The van der Waals surface area contributed by atoms with Gasteiger partial charge >= 0.3 is 6.18 Å². The molecule has 7 heteroatoms. The van der Waals surface area contributed by atoms with Crippen molar-refractivity contribution in [2.45, 2.75) is 44.8 Å². The zero-order valence-electron chi connectivity index (χ0n) is 11.4. The highest BCUT2D eigenvalue weighted by Crippen LogP contribution is 2.33. The van der Waals surface area contributed by atoms with Crippen LogP contribution in [0.25, 0.3) is 0 Å². The van der Waals surface area contributed by atoms with Crippen molar-refractivity contribution in [1.29, 1.82) is 0 Å². The number of hydrogen-bond donors (Lipinski definition) is 0. The molecule has 112 valence electrons. The summed E-state index contributed by atoms with van der Waals surface area (Å²) in [7, 11) is 1.77. The smallest absolute Gasteiger partial charge is 0.356 e. The molecular weight excluding hydrogens is 291 g/mol. The zero-order valence-corrected chi connectivity index (χ0v) is 12.2. The van der Waals surface area contributed by atoms with Crippen molar-refractivity contribution < 1.29 is 13.2 Å². The summed E-state index contributed by atoms with van der Waals surface area (Å²) in [5.41, 5.74) is 0. The molecule has 1 heterocycles. The standard InChI is InChI=1S/C13H17ClF3N3/c1-8-5-3-4-6-9(8)20(2)11-7-10(14)18-12(19-11)13(15,16)17/h7-9H,3-6H2,1-2H3.